The highest BCUT2D eigenvalue weighted by Crippen LogP contribution is 2.43. The molecule has 9 heteroatoms. The van der Waals surface area contributed by atoms with Crippen LogP contribution in [0.2, 0.25) is 0 Å². The second-order valence-corrected chi connectivity index (χ2v) is 6.91. The van der Waals surface area contributed by atoms with Crippen LogP contribution >= 0.6 is 0 Å². The van der Waals surface area contributed by atoms with Crippen LogP contribution in [0.3, 0.4) is 0 Å². The first-order valence-corrected chi connectivity index (χ1v) is 9.43. The maximum Gasteiger partial charge on any atom is 0.336 e. The number of nitro groups is 1. The van der Waals surface area contributed by atoms with Crippen LogP contribution in [0.1, 0.15) is 45.6 Å². The van der Waals surface area contributed by atoms with E-state index >= 15 is 0 Å². The zero-order chi connectivity index (χ0) is 22.6. The van der Waals surface area contributed by atoms with E-state index < -0.39 is 22.8 Å². The number of rotatable bonds is 8. The molecule has 0 saturated heterocycles. The normalized spacial score (nSPS) is 16.5. The Balaban J connectivity index is 2.76. The Morgan fingerprint density at radius 1 is 1.20 bits per heavy atom. The minimum atomic E-state index is -1.26. The van der Waals surface area contributed by atoms with Crippen LogP contribution in [0, 0.1) is 10.1 Å². The number of ketones is 1. The molecule has 0 aromatic heterocycles. The summed E-state index contributed by atoms with van der Waals surface area (Å²) < 4.78 is 5.18. The van der Waals surface area contributed by atoms with Gasteiger partial charge in [0.25, 0.3) is 5.69 Å². The van der Waals surface area contributed by atoms with Crippen molar-refractivity contribution >= 4 is 23.4 Å². The number of benzene rings is 1. The van der Waals surface area contributed by atoms with Crippen molar-refractivity contribution in [2.45, 2.75) is 40.0 Å². The van der Waals surface area contributed by atoms with Crippen molar-refractivity contribution in [3.63, 3.8) is 0 Å². The Morgan fingerprint density at radius 2 is 1.83 bits per heavy atom. The highest BCUT2D eigenvalue weighted by atomic mass is 16.6. The Bertz CT molecular complexity index is 962. The lowest BCUT2D eigenvalue weighted by Crippen LogP contribution is -2.35. The molecule has 1 aromatic carbocycles. The van der Waals surface area contributed by atoms with Crippen molar-refractivity contribution in [2.24, 2.45) is 0 Å². The minimum absolute atomic E-state index is 0.0778. The summed E-state index contributed by atoms with van der Waals surface area (Å²) in [5.41, 5.74) is 0.903. The fourth-order valence-corrected chi connectivity index (χ4v) is 3.61. The van der Waals surface area contributed by atoms with Gasteiger partial charge in [-0.1, -0.05) is 12.1 Å². The van der Waals surface area contributed by atoms with E-state index in [9.17, 15) is 29.6 Å². The Hall–Kier alpha value is -3.49. The number of ether oxygens (including phenoxy) is 1. The third-order valence-electron chi connectivity index (χ3n) is 4.99. The lowest BCUT2D eigenvalue weighted by molar-refractivity contribution is -0.384. The maximum atomic E-state index is 12.8. The number of carbonyl (C=O) groups is 3. The number of carboxylic acid groups (broad SMARTS) is 1. The van der Waals surface area contributed by atoms with Crippen LogP contribution in [-0.4, -0.2) is 45.8 Å². The van der Waals surface area contributed by atoms with Gasteiger partial charge >= 0.3 is 11.9 Å². The van der Waals surface area contributed by atoms with Gasteiger partial charge < -0.3 is 14.7 Å². The quantitative estimate of drug-likeness (QED) is 0.389. The van der Waals surface area contributed by atoms with E-state index in [0.29, 0.717) is 17.0 Å². The second-order valence-electron chi connectivity index (χ2n) is 6.91. The monoisotopic (exact) mass is 416 g/mol. The summed E-state index contributed by atoms with van der Waals surface area (Å²) in [4.78, 5) is 48.8. The van der Waals surface area contributed by atoms with Crippen molar-refractivity contribution in [1.29, 1.82) is 0 Å². The SMILES string of the molecule is CCOC(=O)C1=C(C)N(CCC(C)=O)C(C)=C(C(=O)O)C1c1cccc([N+](=O)[O-])c1. The number of carbonyl (C=O) groups excluding carboxylic acids is 2. The van der Waals surface area contributed by atoms with Gasteiger partial charge in [0, 0.05) is 36.5 Å². The van der Waals surface area contributed by atoms with Gasteiger partial charge in [-0.25, -0.2) is 9.59 Å². The lowest BCUT2D eigenvalue weighted by Gasteiger charge is -2.37. The molecule has 1 N–H and O–H groups in total. The minimum Gasteiger partial charge on any atom is -0.478 e. The molecule has 0 bridgehead atoms. The lowest BCUT2D eigenvalue weighted by atomic mass is 9.79. The number of hydrogen-bond donors (Lipinski definition) is 1. The van der Waals surface area contributed by atoms with Gasteiger partial charge in [-0.05, 0) is 33.3 Å². The first kappa shape index (κ1) is 22.8. The topological polar surface area (TPSA) is 127 Å². The number of hydrogen-bond acceptors (Lipinski definition) is 7. The van der Waals surface area contributed by atoms with E-state index in [0.717, 1.165) is 0 Å². The van der Waals surface area contributed by atoms with Crippen LogP contribution in [-0.2, 0) is 19.1 Å². The maximum absolute atomic E-state index is 12.8. The molecule has 30 heavy (non-hydrogen) atoms. The molecular formula is C21H24N2O7. The summed E-state index contributed by atoms with van der Waals surface area (Å²) in [6, 6.07) is 5.55. The summed E-state index contributed by atoms with van der Waals surface area (Å²) in [5.74, 6) is -3.09. The van der Waals surface area contributed by atoms with Crippen molar-refractivity contribution < 1.29 is 29.2 Å². The summed E-state index contributed by atoms with van der Waals surface area (Å²) in [7, 11) is 0. The molecule has 1 atom stereocenters. The van der Waals surface area contributed by atoms with E-state index in [-0.39, 0.29) is 42.2 Å². The summed E-state index contributed by atoms with van der Waals surface area (Å²) in [5, 5.41) is 21.2. The van der Waals surface area contributed by atoms with E-state index in [1.165, 1.54) is 25.1 Å². The molecule has 1 aliphatic heterocycles. The van der Waals surface area contributed by atoms with Crippen LogP contribution in [0.25, 0.3) is 0 Å². The zero-order valence-electron chi connectivity index (χ0n) is 17.3. The average Bonchev–Trinajstić information content (AvgIpc) is 2.66. The average molecular weight is 416 g/mol. The molecule has 0 fully saturated rings. The number of aliphatic carboxylic acids is 1. The molecule has 2 rings (SSSR count). The van der Waals surface area contributed by atoms with Crippen LogP contribution in [0.15, 0.2) is 46.8 Å². The fourth-order valence-electron chi connectivity index (χ4n) is 3.61. The molecule has 160 valence electrons. The molecule has 0 saturated carbocycles. The van der Waals surface area contributed by atoms with E-state index in [2.05, 4.69) is 0 Å². The van der Waals surface area contributed by atoms with Crippen molar-refractivity contribution in [3.05, 3.63) is 62.5 Å². The van der Waals surface area contributed by atoms with Gasteiger partial charge in [0.1, 0.15) is 5.78 Å². The molecule has 0 aliphatic carbocycles. The Morgan fingerprint density at radius 3 is 2.37 bits per heavy atom. The Kier molecular flexibility index (Phi) is 7.10. The molecule has 1 aromatic rings. The number of allylic oxidation sites excluding steroid dienone is 2. The zero-order valence-corrected chi connectivity index (χ0v) is 17.3. The van der Waals surface area contributed by atoms with Gasteiger partial charge in [0.05, 0.1) is 28.6 Å². The largest absolute Gasteiger partial charge is 0.478 e. The number of esters is 1. The van der Waals surface area contributed by atoms with E-state index in [1.54, 1.807) is 31.7 Å². The summed E-state index contributed by atoms with van der Waals surface area (Å²) in [6.45, 7) is 6.59. The molecule has 0 amide bonds. The summed E-state index contributed by atoms with van der Waals surface area (Å²) in [6.07, 6.45) is 0.166. The highest BCUT2D eigenvalue weighted by Gasteiger charge is 2.40. The number of nitro benzene ring substituents is 1. The van der Waals surface area contributed by atoms with Crippen molar-refractivity contribution in [1.82, 2.24) is 4.90 Å². The first-order valence-electron chi connectivity index (χ1n) is 9.43. The molecule has 0 spiro atoms. The predicted molar refractivity (Wildman–Crippen MR) is 108 cm³/mol. The standard InChI is InChI=1S/C21H24N2O7/c1-5-30-21(27)18-14(4)22(10-9-12(2)24)13(3)17(20(25)26)19(18)15-7-6-8-16(11-15)23(28)29/h6-8,11,19H,5,9-10H2,1-4H3,(H,25,26). The molecule has 0 radical (unpaired) electrons. The van der Waals surface area contributed by atoms with Crippen LogP contribution < -0.4 is 0 Å². The van der Waals surface area contributed by atoms with Crippen LogP contribution in [0.4, 0.5) is 5.69 Å². The third-order valence-corrected chi connectivity index (χ3v) is 4.99. The van der Waals surface area contributed by atoms with Crippen LogP contribution in [0.5, 0.6) is 0 Å². The second kappa shape index (κ2) is 9.34. The van der Waals surface area contributed by atoms with Crippen molar-refractivity contribution in [3.8, 4) is 0 Å². The van der Waals surface area contributed by atoms with Gasteiger partial charge in [0.15, 0.2) is 0 Å². The van der Waals surface area contributed by atoms with Gasteiger partial charge in [0.2, 0.25) is 0 Å². The number of Topliss-reactive ketones (excluding diaryl/α,β-unsaturated/α-hetero) is 1. The molecule has 1 aliphatic rings. The fraction of sp³-hybridized carbons (Fsp3) is 0.381. The summed E-state index contributed by atoms with van der Waals surface area (Å²) >= 11 is 0. The van der Waals surface area contributed by atoms with Gasteiger partial charge in [-0.2, -0.15) is 0 Å². The number of nitrogens with zero attached hydrogens (tertiary/aromatic N) is 2. The van der Waals surface area contributed by atoms with Gasteiger partial charge in [-0.3, -0.25) is 14.9 Å². The van der Waals surface area contributed by atoms with E-state index in [4.69, 9.17) is 4.74 Å². The molecule has 1 heterocycles. The van der Waals surface area contributed by atoms with E-state index in [1.807, 2.05) is 0 Å². The van der Waals surface area contributed by atoms with Crippen molar-refractivity contribution in [2.75, 3.05) is 13.2 Å². The first-order chi connectivity index (χ1) is 14.1. The highest BCUT2D eigenvalue weighted by molar-refractivity contribution is 5.99. The molecule has 1 unspecified atom stereocenters. The number of carboxylic acids is 1. The smallest absolute Gasteiger partial charge is 0.336 e. The Labute approximate surface area is 173 Å². The molecular weight excluding hydrogens is 392 g/mol. The van der Waals surface area contributed by atoms with Gasteiger partial charge in [-0.15, -0.1) is 0 Å². The molecule has 9 nitrogen and oxygen atoms in total. The predicted octanol–water partition coefficient (Wildman–Crippen LogP) is 3.17. The third kappa shape index (κ3) is 4.56. The number of non-ortho nitro benzene ring substituents is 1.